The number of carboxylic acids is 1. The molecule has 0 aliphatic carbocycles. The van der Waals surface area contributed by atoms with Gasteiger partial charge in [0, 0.05) is 11.1 Å². The summed E-state index contributed by atoms with van der Waals surface area (Å²) in [5.41, 5.74) is 0.743. The van der Waals surface area contributed by atoms with Crippen molar-refractivity contribution >= 4 is 5.97 Å². The summed E-state index contributed by atoms with van der Waals surface area (Å²) >= 11 is 0. The van der Waals surface area contributed by atoms with Crippen LogP contribution in [-0.2, 0) is 6.42 Å². The van der Waals surface area contributed by atoms with Gasteiger partial charge in [0.15, 0.2) is 11.5 Å². The maximum absolute atomic E-state index is 10.8. The lowest BCUT2D eigenvalue weighted by Gasteiger charge is -2.16. The number of carbonyl (C=O) groups is 1. The Morgan fingerprint density at radius 3 is 2.40 bits per heavy atom. The molecule has 0 fully saturated rings. The van der Waals surface area contributed by atoms with Gasteiger partial charge in [0.25, 0.3) is 0 Å². The zero-order valence-electron chi connectivity index (χ0n) is 8.99. The average molecular weight is 209 g/mol. The minimum absolute atomic E-state index is 0.148. The van der Waals surface area contributed by atoms with Crippen LogP contribution in [0.15, 0.2) is 12.1 Å². The molecular weight excluding hydrogens is 196 g/mol. The Morgan fingerprint density at radius 2 is 2.00 bits per heavy atom. The Bertz CT molecular complexity index is 371. The number of carbonyl (C=O) groups excluding carboxylic acids is 1. The van der Waals surface area contributed by atoms with E-state index in [1.807, 2.05) is 6.92 Å². The molecule has 1 aromatic rings. The summed E-state index contributed by atoms with van der Waals surface area (Å²) in [5.74, 6) is -0.214. The molecule has 0 atom stereocenters. The van der Waals surface area contributed by atoms with Crippen molar-refractivity contribution in [2.24, 2.45) is 0 Å². The van der Waals surface area contributed by atoms with Gasteiger partial charge in [-0.15, -0.1) is 0 Å². The predicted octanol–water partition coefficient (Wildman–Crippen LogP) is 0.630. The number of hydrogen-bond donors (Lipinski definition) is 0. The Kier molecular flexibility index (Phi) is 3.55. The number of methoxy groups -OCH3 is 2. The second-order valence-corrected chi connectivity index (χ2v) is 2.97. The first-order valence-corrected chi connectivity index (χ1v) is 4.60. The van der Waals surface area contributed by atoms with E-state index in [0.29, 0.717) is 23.5 Å². The summed E-state index contributed by atoms with van der Waals surface area (Å²) in [4.78, 5) is 10.8. The molecule has 0 bridgehead atoms. The van der Waals surface area contributed by atoms with Gasteiger partial charge < -0.3 is 19.4 Å². The molecule has 82 valence electrons. The Morgan fingerprint density at radius 1 is 1.33 bits per heavy atom. The minimum Gasteiger partial charge on any atom is -0.545 e. The second-order valence-electron chi connectivity index (χ2n) is 2.97. The van der Waals surface area contributed by atoms with Crippen molar-refractivity contribution in [2.75, 3.05) is 14.2 Å². The van der Waals surface area contributed by atoms with Gasteiger partial charge in [0.05, 0.1) is 20.2 Å². The highest BCUT2D eigenvalue weighted by Gasteiger charge is 2.13. The summed E-state index contributed by atoms with van der Waals surface area (Å²) in [6, 6.07) is 3.03. The first-order valence-electron chi connectivity index (χ1n) is 4.60. The SMILES string of the molecule is CCc1c(C(=O)[O-])ccc(OC)c1OC. The number of rotatable bonds is 4. The molecule has 1 rings (SSSR count). The number of ether oxygens (including phenoxy) is 2. The molecule has 0 saturated heterocycles. The molecule has 15 heavy (non-hydrogen) atoms. The summed E-state index contributed by atoms with van der Waals surface area (Å²) in [7, 11) is 2.99. The largest absolute Gasteiger partial charge is 0.545 e. The molecule has 4 heteroatoms. The average Bonchev–Trinajstić information content (AvgIpc) is 2.26. The van der Waals surface area contributed by atoms with E-state index in [2.05, 4.69) is 0 Å². The van der Waals surface area contributed by atoms with Crippen molar-refractivity contribution in [3.8, 4) is 11.5 Å². The van der Waals surface area contributed by atoms with Crippen LogP contribution < -0.4 is 14.6 Å². The third kappa shape index (κ3) is 2.03. The van der Waals surface area contributed by atoms with Crippen molar-refractivity contribution in [1.82, 2.24) is 0 Å². The molecule has 0 aromatic heterocycles. The lowest BCUT2D eigenvalue weighted by molar-refractivity contribution is -0.255. The molecule has 0 aliphatic rings. The van der Waals surface area contributed by atoms with Gasteiger partial charge in [-0.3, -0.25) is 0 Å². The maximum Gasteiger partial charge on any atom is 0.164 e. The van der Waals surface area contributed by atoms with E-state index in [4.69, 9.17) is 9.47 Å². The van der Waals surface area contributed by atoms with Crippen molar-refractivity contribution < 1.29 is 19.4 Å². The van der Waals surface area contributed by atoms with E-state index in [0.717, 1.165) is 0 Å². The Labute approximate surface area is 88.4 Å². The van der Waals surface area contributed by atoms with Gasteiger partial charge in [-0.1, -0.05) is 6.92 Å². The first kappa shape index (κ1) is 11.4. The van der Waals surface area contributed by atoms with E-state index in [1.54, 1.807) is 6.07 Å². The van der Waals surface area contributed by atoms with Gasteiger partial charge in [-0.25, -0.2) is 0 Å². The molecule has 0 spiro atoms. The highest BCUT2D eigenvalue weighted by atomic mass is 16.5. The van der Waals surface area contributed by atoms with Gasteiger partial charge in [0.1, 0.15) is 0 Å². The fraction of sp³-hybridized carbons (Fsp3) is 0.364. The van der Waals surface area contributed by atoms with Gasteiger partial charge in [-0.05, 0) is 18.6 Å². The minimum atomic E-state index is -1.20. The topological polar surface area (TPSA) is 58.6 Å². The third-order valence-electron chi connectivity index (χ3n) is 2.22. The van der Waals surface area contributed by atoms with Crippen LogP contribution in [0.4, 0.5) is 0 Å². The van der Waals surface area contributed by atoms with Crippen molar-refractivity contribution in [3.05, 3.63) is 23.3 Å². The van der Waals surface area contributed by atoms with E-state index in [-0.39, 0.29) is 5.56 Å². The van der Waals surface area contributed by atoms with Crippen LogP contribution in [0.3, 0.4) is 0 Å². The molecule has 4 nitrogen and oxygen atoms in total. The molecular formula is C11H13O4-. The number of benzene rings is 1. The quantitative estimate of drug-likeness (QED) is 0.729. The van der Waals surface area contributed by atoms with Crippen molar-refractivity contribution in [3.63, 3.8) is 0 Å². The summed E-state index contributed by atoms with van der Waals surface area (Å²) < 4.78 is 10.2. The molecule has 0 amide bonds. The molecule has 0 heterocycles. The standard InChI is InChI=1S/C11H14O4/c1-4-7-8(11(12)13)5-6-9(14-2)10(7)15-3/h5-6H,4H2,1-3H3,(H,12,13)/p-1. The fourth-order valence-electron chi connectivity index (χ4n) is 1.53. The molecule has 1 aromatic carbocycles. The zero-order valence-corrected chi connectivity index (χ0v) is 8.99. The predicted molar refractivity (Wildman–Crippen MR) is 53.3 cm³/mol. The maximum atomic E-state index is 10.8. The lowest BCUT2D eigenvalue weighted by atomic mass is 10.0. The van der Waals surface area contributed by atoms with Crippen LogP contribution in [0, 0.1) is 0 Å². The number of hydrogen-bond acceptors (Lipinski definition) is 4. The molecule has 0 aliphatic heterocycles. The fourth-order valence-corrected chi connectivity index (χ4v) is 1.53. The van der Waals surface area contributed by atoms with E-state index in [9.17, 15) is 9.90 Å². The van der Waals surface area contributed by atoms with Crippen molar-refractivity contribution in [2.45, 2.75) is 13.3 Å². The monoisotopic (exact) mass is 209 g/mol. The van der Waals surface area contributed by atoms with Gasteiger partial charge in [0.2, 0.25) is 0 Å². The Hall–Kier alpha value is -1.71. The number of carboxylic acid groups (broad SMARTS) is 1. The van der Waals surface area contributed by atoms with Gasteiger partial charge >= 0.3 is 0 Å². The first-order chi connectivity index (χ1) is 7.15. The van der Waals surface area contributed by atoms with Gasteiger partial charge in [-0.2, -0.15) is 0 Å². The lowest BCUT2D eigenvalue weighted by Crippen LogP contribution is -2.24. The molecule has 0 saturated carbocycles. The highest BCUT2D eigenvalue weighted by Crippen LogP contribution is 2.33. The molecule has 0 radical (unpaired) electrons. The highest BCUT2D eigenvalue weighted by molar-refractivity contribution is 5.89. The van der Waals surface area contributed by atoms with E-state index < -0.39 is 5.97 Å². The van der Waals surface area contributed by atoms with E-state index >= 15 is 0 Å². The van der Waals surface area contributed by atoms with Crippen LogP contribution in [0.25, 0.3) is 0 Å². The van der Waals surface area contributed by atoms with Crippen LogP contribution in [0.5, 0.6) is 11.5 Å². The van der Waals surface area contributed by atoms with Crippen LogP contribution in [0.2, 0.25) is 0 Å². The number of aromatic carboxylic acids is 1. The van der Waals surface area contributed by atoms with Crippen LogP contribution in [-0.4, -0.2) is 20.2 Å². The normalized spacial score (nSPS) is 9.80. The van der Waals surface area contributed by atoms with E-state index in [1.165, 1.54) is 20.3 Å². The molecule has 0 N–H and O–H groups in total. The van der Waals surface area contributed by atoms with Crippen LogP contribution >= 0.6 is 0 Å². The summed E-state index contributed by atoms with van der Waals surface area (Å²) in [6.07, 6.45) is 0.545. The molecule has 0 unspecified atom stereocenters. The Balaban J connectivity index is 3.40. The third-order valence-corrected chi connectivity index (χ3v) is 2.22. The second kappa shape index (κ2) is 4.68. The van der Waals surface area contributed by atoms with Crippen molar-refractivity contribution in [1.29, 1.82) is 0 Å². The zero-order chi connectivity index (χ0) is 11.4. The smallest absolute Gasteiger partial charge is 0.164 e. The van der Waals surface area contributed by atoms with Crippen LogP contribution in [0.1, 0.15) is 22.8 Å². The summed E-state index contributed by atoms with van der Waals surface area (Å²) in [6.45, 7) is 1.85. The summed E-state index contributed by atoms with van der Waals surface area (Å²) in [5, 5.41) is 10.8.